The lowest BCUT2D eigenvalue weighted by molar-refractivity contribution is -0.149. The standard InChI is InChI=1S/C14H22N2O4/c1-3-14(13(19)20)5-6-16(9-14)12(18)10-7-11(17)15(4-2)8-10/h10H,3-9H2,1-2H3,(H,19,20). The number of likely N-dealkylation sites (tertiary alicyclic amines) is 2. The van der Waals surface area contributed by atoms with Crippen LogP contribution in [0.5, 0.6) is 0 Å². The fourth-order valence-corrected chi connectivity index (χ4v) is 3.18. The summed E-state index contributed by atoms with van der Waals surface area (Å²) < 4.78 is 0. The second kappa shape index (κ2) is 5.42. The molecule has 0 aromatic carbocycles. The second-order valence-corrected chi connectivity index (χ2v) is 5.78. The minimum absolute atomic E-state index is 0.0186. The van der Waals surface area contributed by atoms with Crippen LogP contribution >= 0.6 is 0 Å². The van der Waals surface area contributed by atoms with Gasteiger partial charge in [0, 0.05) is 32.6 Å². The molecular weight excluding hydrogens is 260 g/mol. The highest BCUT2D eigenvalue weighted by molar-refractivity contribution is 5.90. The lowest BCUT2D eigenvalue weighted by Gasteiger charge is -2.24. The molecule has 2 fully saturated rings. The molecule has 2 rings (SSSR count). The molecule has 20 heavy (non-hydrogen) atoms. The summed E-state index contributed by atoms with van der Waals surface area (Å²) in [5.74, 6) is -1.17. The average molecular weight is 282 g/mol. The summed E-state index contributed by atoms with van der Waals surface area (Å²) in [5, 5.41) is 9.35. The van der Waals surface area contributed by atoms with Crippen molar-refractivity contribution in [2.24, 2.45) is 11.3 Å². The van der Waals surface area contributed by atoms with Gasteiger partial charge in [-0.25, -0.2) is 0 Å². The van der Waals surface area contributed by atoms with Gasteiger partial charge in [0.1, 0.15) is 0 Å². The van der Waals surface area contributed by atoms with Crippen molar-refractivity contribution in [1.29, 1.82) is 0 Å². The maximum atomic E-state index is 12.4. The van der Waals surface area contributed by atoms with Gasteiger partial charge in [0.2, 0.25) is 11.8 Å². The third-order valence-corrected chi connectivity index (χ3v) is 4.74. The Morgan fingerprint density at radius 2 is 2.10 bits per heavy atom. The molecule has 0 saturated carbocycles. The summed E-state index contributed by atoms with van der Waals surface area (Å²) in [7, 11) is 0. The van der Waals surface area contributed by atoms with Gasteiger partial charge in [-0.1, -0.05) is 6.92 Å². The highest BCUT2D eigenvalue weighted by Gasteiger charge is 2.46. The topological polar surface area (TPSA) is 77.9 Å². The van der Waals surface area contributed by atoms with Crippen LogP contribution in [0, 0.1) is 11.3 Å². The first-order chi connectivity index (χ1) is 9.43. The predicted octanol–water partition coefficient (Wildman–Crippen LogP) is 0.568. The molecule has 2 unspecified atom stereocenters. The third kappa shape index (κ3) is 2.39. The molecule has 2 amide bonds. The predicted molar refractivity (Wildman–Crippen MR) is 71.9 cm³/mol. The monoisotopic (exact) mass is 282 g/mol. The maximum absolute atomic E-state index is 12.4. The molecule has 0 bridgehead atoms. The summed E-state index contributed by atoms with van der Waals surface area (Å²) >= 11 is 0. The minimum atomic E-state index is -0.826. The van der Waals surface area contributed by atoms with E-state index in [1.807, 2.05) is 13.8 Å². The van der Waals surface area contributed by atoms with Crippen molar-refractivity contribution in [3.63, 3.8) is 0 Å². The Kier molecular flexibility index (Phi) is 4.01. The van der Waals surface area contributed by atoms with E-state index >= 15 is 0 Å². The first kappa shape index (κ1) is 14.8. The maximum Gasteiger partial charge on any atom is 0.311 e. The van der Waals surface area contributed by atoms with Crippen LogP contribution in [0.25, 0.3) is 0 Å². The minimum Gasteiger partial charge on any atom is -0.481 e. The Balaban J connectivity index is 2.02. The van der Waals surface area contributed by atoms with Crippen LogP contribution in [0.3, 0.4) is 0 Å². The van der Waals surface area contributed by atoms with Crippen LogP contribution in [0.1, 0.15) is 33.1 Å². The lowest BCUT2D eigenvalue weighted by atomic mass is 9.84. The smallest absolute Gasteiger partial charge is 0.311 e. The van der Waals surface area contributed by atoms with Gasteiger partial charge in [-0.2, -0.15) is 0 Å². The molecule has 6 nitrogen and oxygen atoms in total. The van der Waals surface area contributed by atoms with E-state index in [0.29, 0.717) is 32.5 Å². The highest BCUT2D eigenvalue weighted by atomic mass is 16.4. The van der Waals surface area contributed by atoms with Crippen molar-refractivity contribution in [3.8, 4) is 0 Å². The third-order valence-electron chi connectivity index (χ3n) is 4.74. The zero-order chi connectivity index (χ0) is 14.9. The van der Waals surface area contributed by atoms with Gasteiger partial charge in [-0.15, -0.1) is 0 Å². The summed E-state index contributed by atoms with van der Waals surface area (Å²) in [6.45, 7) is 5.59. The first-order valence-electron chi connectivity index (χ1n) is 7.23. The van der Waals surface area contributed by atoms with Crippen molar-refractivity contribution < 1.29 is 19.5 Å². The van der Waals surface area contributed by atoms with Crippen LogP contribution in [0.15, 0.2) is 0 Å². The van der Waals surface area contributed by atoms with Gasteiger partial charge < -0.3 is 14.9 Å². The normalized spacial score (nSPS) is 30.1. The van der Waals surface area contributed by atoms with Crippen molar-refractivity contribution >= 4 is 17.8 Å². The molecule has 0 radical (unpaired) electrons. The molecular formula is C14H22N2O4. The van der Waals surface area contributed by atoms with Crippen LogP contribution in [0.2, 0.25) is 0 Å². The number of rotatable bonds is 4. The molecule has 0 aromatic rings. The Morgan fingerprint density at radius 1 is 1.40 bits per heavy atom. The zero-order valence-corrected chi connectivity index (χ0v) is 12.1. The molecule has 2 heterocycles. The SMILES string of the molecule is CCN1CC(C(=O)N2CCC(CC)(C(=O)O)C2)CC1=O. The number of carbonyl (C=O) groups excluding carboxylic acids is 2. The van der Waals surface area contributed by atoms with Crippen molar-refractivity contribution in [2.75, 3.05) is 26.2 Å². The van der Waals surface area contributed by atoms with Crippen molar-refractivity contribution in [3.05, 3.63) is 0 Å². The molecule has 0 aromatic heterocycles. The van der Waals surface area contributed by atoms with Crippen molar-refractivity contribution in [1.82, 2.24) is 9.80 Å². The van der Waals surface area contributed by atoms with Gasteiger partial charge in [0.25, 0.3) is 0 Å². The number of hydrogen-bond acceptors (Lipinski definition) is 3. The summed E-state index contributed by atoms with van der Waals surface area (Å²) in [5.41, 5.74) is -0.803. The largest absolute Gasteiger partial charge is 0.481 e. The van der Waals surface area contributed by atoms with Crippen molar-refractivity contribution in [2.45, 2.75) is 33.1 Å². The molecule has 0 aliphatic carbocycles. The highest BCUT2D eigenvalue weighted by Crippen LogP contribution is 2.35. The average Bonchev–Trinajstić information content (AvgIpc) is 3.02. The van der Waals surface area contributed by atoms with Crippen LogP contribution in [0.4, 0.5) is 0 Å². The van der Waals surface area contributed by atoms with Gasteiger partial charge >= 0.3 is 5.97 Å². The molecule has 2 aliphatic heterocycles. The van der Waals surface area contributed by atoms with Crippen LogP contribution in [-0.2, 0) is 14.4 Å². The van der Waals surface area contributed by atoms with E-state index in [0.717, 1.165) is 0 Å². The Labute approximate surface area is 118 Å². The molecule has 112 valence electrons. The number of hydrogen-bond donors (Lipinski definition) is 1. The molecule has 6 heteroatoms. The summed E-state index contributed by atoms with van der Waals surface area (Å²) in [6.07, 6.45) is 1.29. The number of amides is 2. The van der Waals surface area contributed by atoms with Gasteiger partial charge in [-0.3, -0.25) is 14.4 Å². The molecule has 0 spiro atoms. The fourth-order valence-electron chi connectivity index (χ4n) is 3.18. The van der Waals surface area contributed by atoms with Crippen LogP contribution < -0.4 is 0 Å². The Bertz CT molecular complexity index is 437. The quantitative estimate of drug-likeness (QED) is 0.817. The number of nitrogens with zero attached hydrogens (tertiary/aromatic N) is 2. The lowest BCUT2D eigenvalue weighted by Crippen LogP contribution is -2.39. The second-order valence-electron chi connectivity index (χ2n) is 5.78. The van der Waals surface area contributed by atoms with E-state index in [9.17, 15) is 19.5 Å². The van der Waals surface area contributed by atoms with E-state index in [4.69, 9.17) is 0 Å². The van der Waals surface area contributed by atoms with Gasteiger partial charge in [-0.05, 0) is 19.8 Å². The summed E-state index contributed by atoms with van der Waals surface area (Å²) in [6, 6.07) is 0. The van der Waals surface area contributed by atoms with E-state index in [-0.39, 0.29) is 30.7 Å². The van der Waals surface area contributed by atoms with Crippen LogP contribution in [-0.4, -0.2) is 58.9 Å². The fraction of sp³-hybridized carbons (Fsp3) is 0.786. The van der Waals surface area contributed by atoms with E-state index < -0.39 is 11.4 Å². The number of carbonyl (C=O) groups is 3. The molecule has 2 aliphatic rings. The molecule has 2 atom stereocenters. The Hall–Kier alpha value is -1.59. The number of carboxylic acids is 1. The number of aliphatic carboxylic acids is 1. The molecule has 2 saturated heterocycles. The first-order valence-corrected chi connectivity index (χ1v) is 7.23. The number of carboxylic acid groups (broad SMARTS) is 1. The summed E-state index contributed by atoms with van der Waals surface area (Å²) in [4.78, 5) is 38.8. The van der Waals surface area contributed by atoms with Gasteiger partial charge in [0.15, 0.2) is 0 Å². The zero-order valence-electron chi connectivity index (χ0n) is 12.1. The van der Waals surface area contributed by atoms with E-state index in [2.05, 4.69) is 0 Å². The van der Waals surface area contributed by atoms with Gasteiger partial charge in [0.05, 0.1) is 11.3 Å². The Morgan fingerprint density at radius 3 is 2.55 bits per heavy atom. The van der Waals surface area contributed by atoms with E-state index in [1.54, 1.807) is 9.80 Å². The molecule has 1 N–H and O–H groups in total. The van der Waals surface area contributed by atoms with E-state index in [1.165, 1.54) is 0 Å².